The lowest BCUT2D eigenvalue weighted by Gasteiger charge is -2.18. The zero-order valence-corrected chi connectivity index (χ0v) is 10.9. The van der Waals surface area contributed by atoms with E-state index in [0.29, 0.717) is 6.54 Å². The lowest BCUT2D eigenvalue weighted by atomic mass is 10.2. The van der Waals surface area contributed by atoms with Crippen LogP contribution in [0.25, 0.3) is 0 Å². The summed E-state index contributed by atoms with van der Waals surface area (Å²) in [6, 6.07) is 4.04. The van der Waals surface area contributed by atoms with Gasteiger partial charge in [-0.3, -0.25) is 0 Å². The number of hydrogen-bond donors (Lipinski definition) is 1. The second-order valence-corrected chi connectivity index (χ2v) is 4.73. The Hall–Kier alpha value is -1.46. The minimum atomic E-state index is 0.543. The van der Waals surface area contributed by atoms with Gasteiger partial charge in [0.2, 0.25) is 0 Å². The molecule has 0 bridgehead atoms. The van der Waals surface area contributed by atoms with Gasteiger partial charge in [0.15, 0.2) is 0 Å². The van der Waals surface area contributed by atoms with Gasteiger partial charge in [0.05, 0.1) is 17.7 Å². The van der Waals surface area contributed by atoms with Gasteiger partial charge in [-0.25, -0.2) is 9.97 Å². The first-order valence-electron chi connectivity index (χ1n) is 5.45. The van der Waals surface area contributed by atoms with Gasteiger partial charge in [0, 0.05) is 24.7 Å². The van der Waals surface area contributed by atoms with Crippen molar-refractivity contribution in [3.8, 4) is 0 Å². The summed E-state index contributed by atoms with van der Waals surface area (Å²) in [6.45, 7) is 3.30. The maximum Gasteiger partial charge on any atom is 0.129 e. The average molecular weight is 248 g/mol. The molecule has 2 aromatic heterocycles. The largest absolute Gasteiger partial charge is 0.354 e. The zero-order valence-electron chi connectivity index (χ0n) is 10.1. The van der Waals surface area contributed by atoms with E-state index in [9.17, 15) is 0 Å². The monoisotopic (exact) mass is 248 g/mol. The number of nitrogens with two attached hydrogens (primary N) is 1. The molecular formula is C12H16N4S. The fourth-order valence-electron chi connectivity index (χ4n) is 1.67. The molecule has 0 aliphatic rings. The van der Waals surface area contributed by atoms with Crippen molar-refractivity contribution in [2.75, 3.05) is 11.9 Å². The second kappa shape index (κ2) is 5.25. The molecule has 0 fully saturated rings. The first-order valence-corrected chi connectivity index (χ1v) is 6.39. The normalized spacial score (nSPS) is 10.5. The predicted molar refractivity (Wildman–Crippen MR) is 71.1 cm³/mol. The summed E-state index contributed by atoms with van der Waals surface area (Å²) in [7, 11) is 2.02. The molecule has 2 heterocycles. The van der Waals surface area contributed by atoms with Gasteiger partial charge in [0.1, 0.15) is 5.82 Å². The van der Waals surface area contributed by atoms with E-state index in [1.54, 1.807) is 11.3 Å². The summed E-state index contributed by atoms with van der Waals surface area (Å²) < 4.78 is 0. The Balaban J connectivity index is 2.18. The molecule has 0 aliphatic carbocycles. The van der Waals surface area contributed by atoms with Gasteiger partial charge >= 0.3 is 0 Å². The first-order chi connectivity index (χ1) is 8.19. The van der Waals surface area contributed by atoms with Crippen molar-refractivity contribution in [1.82, 2.24) is 9.97 Å². The van der Waals surface area contributed by atoms with E-state index in [-0.39, 0.29) is 0 Å². The molecule has 2 aromatic rings. The number of thiazole rings is 1. The van der Waals surface area contributed by atoms with Crippen molar-refractivity contribution in [2.24, 2.45) is 5.73 Å². The van der Waals surface area contributed by atoms with E-state index in [1.807, 2.05) is 31.6 Å². The SMILES string of the molecule is Cc1cc(CN)cc(N(C)Cc2cscn2)n1. The highest BCUT2D eigenvalue weighted by molar-refractivity contribution is 7.07. The Kier molecular flexibility index (Phi) is 3.71. The van der Waals surface area contributed by atoms with E-state index in [1.165, 1.54) is 0 Å². The standard InChI is InChI=1S/C12H16N4S/c1-9-3-10(5-13)4-12(15-9)16(2)6-11-7-17-8-14-11/h3-4,7-8H,5-6,13H2,1-2H3. The van der Waals surface area contributed by atoms with Gasteiger partial charge in [-0.15, -0.1) is 11.3 Å². The van der Waals surface area contributed by atoms with E-state index in [4.69, 9.17) is 5.73 Å². The third kappa shape index (κ3) is 3.01. The first kappa shape index (κ1) is 12.0. The van der Waals surface area contributed by atoms with Crippen molar-refractivity contribution < 1.29 is 0 Å². The molecule has 0 unspecified atom stereocenters. The molecule has 0 spiro atoms. The third-order valence-electron chi connectivity index (χ3n) is 2.51. The maximum atomic E-state index is 5.67. The van der Waals surface area contributed by atoms with E-state index >= 15 is 0 Å². The van der Waals surface area contributed by atoms with Crippen molar-refractivity contribution in [2.45, 2.75) is 20.0 Å². The molecule has 0 radical (unpaired) electrons. The molecule has 4 nitrogen and oxygen atoms in total. The quantitative estimate of drug-likeness (QED) is 0.898. The molecule has 17 heavy (non-hydrogen) atoms. The van der Waals surface area contributed by atoms with Gasteiger partial charge in [-0.1, -0.05) is 0 Å². The molecule has 0 aromatic carbocycles. The van der Waals surface area contributed by atoms with E-state index < -0.39 is 0 Å². The number of aromatic nitrogens is 2. The lowest BCUT2D eigenvalue weighted by Crippen LogP contribution is -2.18. The Morgan fingerprint density at radius 3 is 2.88 bits per heavy atom. The van der Waals surface area contributed by atoms with E-state index in [2.05, 4.69) is 20.2 Å². The summed E-state index contributed by atoms with van der Waals surface area (Å²) >= 11 is 1.61. The maximum absolute atomic E-state index is 5.67. The number of aryl methyl sites for hydroxylation is 1. The summed E-state index contributed by atoms with van der Waals surface area (Å²) in [5.74, 6) is 0.943. The highest BCUT2D eigenvalue weighted by atomic mass is 32.1. The molecular weight excluding hydrogens is 232 g/mol. The summed E-state index contributed by atoms with van der Waals surface area (Å²) in [5, 5.41) is 2.05. The Bertz CT molecular complexity index is 481. The van der Waals surface area contributed by atoms with Crippen molar-refractivity contribution in [1.29, 1.82) is 0 Å². The fraction of sp³-hybridized carbons (Fsp3) is 0.333. The molecule has 2 rings (SSSR count). The van der Waals surface area contributed by atoms with Crippen LogP contribution in [0.1, 0.15) is 17.0 Å². The van der Waals surface area contributed by atoms with Gasteiger partial charge in [-0.2, -0.15) is 0 Å². The highest BCUT2D eigenvalue weighted by Crippen LogP contribution is 2.16. The van der Waals surface area contributed by atoms with Crippen LogP contribution in [-0.4, -0.2) is 17.0 Å². The molecule has 90 valence electrons. The highest BCUT2D eigenvalue weighted by Gasteiger charge is 2.06. The zero-order chi connectivity index (χ0) is 12.3. The Labute approximate surface area is 105 Å². The van der Waals surface area contributed by atoms with Crippen LogP contribution in [0.5, 0.6) is 0 Å². The summed E-state index contributed by atoms with van der Waals surface area (Å²) in [5.41, 5.74) is 10.7. The van der Waals surface area contributed by atoms with Crippen LogP contribution >= 0.6 is 11.3 Å². The molecule has 5 heteroatoms. The van der Waals surface area contributed by atoms with Crippen LogP contribution < -0.4 is 10.6 Å². The van der Waals surface area contributed by atoms with Crippen molar-refractivity contribution >= 4 is 17.2 Å². The minimum Gasteiger partial charge on any atom is -0.354 e. The topological polar surface area (TPSA) is 55.0 Å². The smallest absolute Gasteiger partial charge is 0.129 e. The van der Waals surface area contributed by atoms with Gasteiger partial charge in [0.25, 0.3) is 0 Å². The number of anilines is 1. The molecule has 0 aliphatic heterocycles. The summed E-state index contributed by atoms with van der Waals surface area (Å²) in [4.78, 5) is 10.9. The third-order valence-corrected chi connectivity index (χ3v) is 3.14. The molecule has 0 saturated carbocycles. The predicted octanol–water partition coefficient (Wildman–Crippen LogP) is 1.94. The Morgan fingerprint density at radius 1 is 1.41 bits per heavy atom. The Morgan fingerprint density at radius 2 is 2.24 bits per heavy atom. The molecule has 0 saturated heterocycles. The minimum absolute atomic E-state index is 0.543. The van der Waals surface area contributed by atoms with Gasteiger partial charge < -0.3 is 10.6 Å². The lowest BCUT2D eigenvalue weighted by molar-refractivity contribution is 0.865. The van der Waals surface area contributed by atoms with Crippen molar-refractivity contribution in [3.05, 3.63) is 40.0 Å². The molecule has 0 atom stereocenters. The number of hydrogen-bond acceptors (Lipinski definition) is 5. The van der Waals surface area contributed by atoms with Crippen LogP contribution in [0.15, 0.2) is 23.0 Å². The summed E-state index contributed by atoms with van der Waals surface area (Å²) in [6.07, 6.45) is 0. The number of pyridine rings is 1. The van der Waals surface area contributed by atoms with Crippen molar-refractivity contribution in [3.63, 3.8) is 0 Å². The molecule has 2 N–H and O–H groups in total. The van der Waals surface area contributed by atoms with Crippen LogP contribution in [0.3, 0.4) is 0 Å². The number of nitrogens with zero attached hydrogens (tertiary/aromatic N) is 3. The average Bonchev–Trinajstić information content (AvgIpc) is 2.81. The van der Waals surface area contributed by atoms with E-state index in [0.717, 1.165) is 29.3 Å². The van der Waals surface area contributed by atoms with Crippen LogP contribution in [0, 0.1) is 6.92 Å². The fourth-order valence-corrected chi connectivity index (χ4v) is 2.22. The van der Waals surface area contributed by atoms with Crippen LogP contribution in [0.4, 0.5) is 5.82 Å². The number of rotatable bonds is 4. The molecule has 0 amide bonds. The van der Waals surface area contributed by atoms with Crippen LogP contribution in [-0.2, 0) is 13.1 Å². The second-order valence-electron chi connectivity index (χ2n) is 4.01. The van der Waals surface area contributed by atoms with Crippen LogP contribution in [0.2, 0.25) is 0 Å². The van der Waals surface area contributed by atoms with Gasteiger partial charge in [-0.05, 0) is 24.6 Å².